The van der Waals surface area contributed by atoms with Crippen molar-refractivity contribution in [2.75, 3.05) is 6.61 Å². The minimum atomic E-state index is -4.87. The Hall–Kier alpha value is -1.63. The fourth-order valence-electron chi connectivity index (χ4n) is 2.15. The van der Waals surface area contributed by atoms with Gasteiger partial charge >= 0.3 is 13.5 Å². The predicted octanol–water partition coefficient (Wildman–Crippen LogP) is -1.11. The molecule has 2 rings (SSSR count). The van der Waals surface area contributed by atoms with E-state index >= 15 is 0 Å². The van der Waals surface area contributed by atoms with E-state index < -0.39 is 55.7 Å². The van der Waals surface area contributed by atoms with E-state index in [1.807, 2.05) is 0 Å². The molecule has 1 aliphatic heterocycles. The van der Waals surface area contributed by atoms with Gasteiger partial charge in [-0.15, -0.1) is 0 Å². The van der Waals surface area contributed by atoms with E-state index in [4.69, 9.17) is 19.3 Å². The van der Waals surface area contributed by atoms with E-state index in [1.165, 1.54) is 18.2 Å². The third-order valence-corrected chi connectivity index (χ3v) is 3.87. The van der Waals surface area contributed by atoms with Crippen LogP contribution in [-0.2, 0) is 13.8 Å². The van der Waals surface area contributed by atoms with Crippen molar-refractivity contribution < 1.29 is 48.6 Å². The molecule has 1 heterocycles. The molecule has 1 fully saturated rings. The van der Waals surface area contributed by atoms with Gasteiger partial charge in [0.25, 0.3) is 0 Å². The Balaban J connectivity index is 2.16. The smallest absolute Gasteiger partial charge is 0.455 e. The van der Waals surface area contributed by atoms with Gasteiger partial charge in [0, 0.05) is 6.07 Å². The number of ether oxygens (including phenoxy) is 2. The lowest BCUT2D eigenvalue weighted by atomic mass is 9.99. The molecule has 1 aromatic carbocycles. The number of phosphoric ester groups is 1. The molecule has 1 aromatic rings. The number of nitro benzene ring substituents is 1. The summed E-state index contributed by atoms with van der Waals surface area (Å²) in [6, 6.07) is 5.19. The summed E-state index contributed by atoms with van der Waals surface area (Å²) in [7, 11) is -4.87. The summed E-state index contributed by atoms with van der Waals surface area (Å²) in [6.45, 7) is -0.814. The maximum absolute atomic E-state index is 11.0. The van der Waals surface area contributed by atoms with E-state index in [-0.39, 0.29) is 5.75 Å². The molecule has 0 bridgehead atoms. The number of phosphoric acid groups is 1. The Morgan fingerprint density at radius 3 is 2.40 bits per heavy atom. The zero-order valence-electron chi connectivity index (χ0n) is 12.5. The molecule has 140 valence electrons. The highest BCUT2D eigenvalue weighted by molar-refractivity contribution is 7.46. The first-order valence-corrected chi connectivity index (χ1v) is 8.43. The Labute approximate surface area is 140 Å². The lowest BCUT2D eigenvalue weighted by Crippen LogP contribution is -2.60. The Bertz CT molecular complexity index is 664. The second-order valence-corrected chi connectivity index (χ2v) is 6.38. The second kappa shape index (κ2) is 7.72. The third kappa shape index (κ3) is 4.93. The molecule has 0 saturated carbocycles. The van der Waals surface area contributed by atoms with Crippen LogP contribution in [0.3, 0.4) is 0 Å². The molecule has 0 spiro atoms. The van der Waals surface area contributed by atoms with Crippen LogP contribution in [0.5, 0.6) is 5.75 Å². The topological polar surface area (TPSA) is 189 Å². The molecule has 12 nitrogen and oxygen atoms in total. The zero-order valence-corrected chi connectivity index (χ0v) is 13.4. The van der Waals surface area contributed by atoms with Gasteiger partial charge in [-0.1, -0.05) is 12.1 Å². The van der Waals surface area contributed by atoms with Crippen molar-refractivity contribution in [3.63, 3.8) is 0 Å². The standard InChI is InChI=1S/C12H16NO11P/c14-9-8(5-22-25(19,20)21)24-12(11(16)10(9)15)23-7-4-2-1-3-6(7)13(17)18/h1-4,8-12,14-16H,5H2,(H2,19,20,21)/t8-,9-,10+,11-,12-/m1/s1. The van der Waals surface area contributed by atoms with Crippen molar-refractivity contribution in [2.45, 2.75) is 30.7 Å². The first-order valence-electron chi connectivity index (χ1n) is 6.90. The number of benzene rings is 1. The highest BCUT2D eigenvalue weighted by Gasteiger charge is 2.46. The first-order chi connectivity index (χ1) is 11.6. The fourth-order valence-corrected chi connectivity index (χ4v) is 2.50. The first kappa shape index (κ1) is 19.7. The Morgan fingerprint density at radius 2 is 1.80 bits per heavy atom. The molecule has 25 heavy (non-hydrogen) atoms. The second-order valence-electron chi connectivity index (χ2n) is 5.14. The van der Waals surface area contributed by atoms with Gasteiger partial charge in [-0.3, -0.25) is 14.6 Å². The van der Waals surface area contributed by atoms with E-state index in [1.54, 1.807) is 0 Å². The average molecular weight is 381 g/mol. The molecule has 5 N–H and O–H groups in total. The van der Waals surface area contributed by atoms with Gasteiger partial charge in [-0.2, -0.15) is 0 Å². The summed E-state index contributed by atoms with van der Waals surface area (Å²) in [5.41, 5.74) is -0.429. The molecular weight excluding hydrogens is 365 g/mol. The monoisotopic (exact) mass is 381 g/mol. The molecule has 0 aliphatic carbocycles. The molecule has 0 radical (unpaired) electrons. The molecule has 1 saturated heterocycles. The van der Waals surface area contributed by atoms with Gasteiger partial charge in [0.05, 0.1) is 11.5 Å². The van der Waals surface area contributed by atoms with Crippen LogP contribution >= 0.6 is 7.82 Å². The summed E-state index contributed by atoms with van der Waals surface area (Å²) in [5.74, 6) is -0.269. The van der Waals surface area contributed by atoms with Crippen molar-refractivity contribution in [3.05, 3.63) is 34.4 Å². The highest BCUT2D eigenvalue weighted by atomic mass is 31.2. The van der Waals surface area contributed by atoms with Crippen LogP contribution in [0.2, 0.25) is 0 Å². The van der Waals surface area contributed by atoms with Crippen molar-refractivity contribution in [3.8, 4) is 5.75 Å². The van der Waals surface area contributed by atoms with E-state index in [0.29, 0.717) is 0 Å². The fraction of sp³-hybridized carbons (Fsp3) is 0.500. The summed E-state index contributed by atoms with van der Waals surface area (Å²) in [4.78, 5) is 27.6. The summed E-state index contributed by atoms with van der Waals surface area (Å²) >= 11 is 0. The van der Waals surface area contributed by atoms with Crippen LogP contribution in [0.25, 0.3) is 0 Å². The quantitative estimate of drug-likeness (QED) is 0.228. The maximum atomic E-state index is 11.0. The van der Waals surface area contributed by atoms with E-state index in [9.17, 15) is 30.0 Å². The molecule has 1 aliphatic rings. The van der Waals surface area contributed by atoms with Gasteiger partial charge in [0.15, 0.2) is 5.75 Å². The van der Waals surface area contributed by atoms with Crippen LogP contribution in [0.1, 0.15) is 0 Å². The SMILES string of the molecule is O=[N+]([O-])c1ccccc1O[C@@H]1O[C@H](COP(=O)(O)O)[C@@H](O)[C@H](O)[C@H]1O. The lowest BCUT2D eigenvalue weighted by molar-refractivity contribution is -0.387. The Kier molecular flexibility index (Phi) is 6.08. The number of hydrogen-bond acceptors (Lipinski definition) is 9. The molecule has 0 amide bonds. The number of para-hydroxylation sites is 2. The minimum Gasteiger partial charge on any atom is -0.455 e. The Morgan fingerprint density at radius 1 is 1.16 bits per heavy atom. The normalized spacial score (nSPS) is 30.0. The highest BCUT2D eigenvalue weighted by Crippen LogP contribution is 2.37. The van der Waals surface area contributed by atoms with Gasteiger partial charge in [0.1, 0.15) is 24.4 Å². The van der Waals surface area contributed by atoms with Crippen LogP contribution in [-0.4, -0.2) is 67.3 Å². The van der Waals surface area contributed by atoms with Gasteiger partial charge in [-0.05, 0) is 6.07 Å². The maximum Gasteiger partial charge on any atom is 0.469 e. The van der Waals surface area contributed by atoms with Crippen molar-refractivity contribution >= 4 is 13.5 Å². The van der Waals surface area contributed by atoms with E-state index in [0.717, 1.165) is 6.07 Å². The summed E-state index contributed by atoms with van der Waals surface area (Å²) in [5, 5.41) is 40.5. The van der Waals surface area contributed by atoms with Crippen molar-refractivity contribution in [2.24, 2.45) is 0 Å². The van der Waals surface area contributed by atoms with Crippen molar-refractivity contribution in [1.82, 2.24) is 0 Å². The number of nitrogens with zero attached hydrogens (tertiary/aromatic N) is 1. The van der Waals surface area contributed by atoms with Crippen LogP contribution in [0.15, 0.2) is 24.3 Å². The molecule has 0 unspecified atom stereocenters. The largest absolute Gasteiger partial charge is 0.469 e. The van der Waals surface area contributed by atoms with Crippen LogP contribution in [0, 0.1) is 10.1 Å². The number of aliphatic hydroxyl groups is 3. The summed E-state index contributed by atoms with van der Waals surface area (Å²) < 4.78 is 25.3. The predicted molar refractivity (Wildman–Crippen MR) is 78.4 cm³/mol. The number of aliphatic hydroxyl groups excluding tert-OH is 3. The molecule has 5 atom stereocenters. The number of nitro groups is 1. The average Bonchev–Trinajstić information content (AvgIpc) is 2.53. The van der Waals surface area contributed by atoms with E-state index in [2.05, 4.69) is 4.52 Å². The molecule has 0 aromatic heterocycles. The number of hydrogen-bond donors (Lipinski definition) is 5. The van der Waals surface area contributed by atoms with Crippen molar-refractivity contribution in [1.29, 1.82) is 0 Å². The van der Waals surface area contributed by atoms with Crippen LogP contribution in [0.4, 0.5) is 5.69 Å². The number of rotatable bonds is 6. The van der Waals surface area contributed by atoms with Crippen LogP contribution < -0.4 is 4.74 Å². The molecule has 13 heteroatoms. The molecular formula is C12H16NO11P. The summed E-state index contributed by atoms with van der Waals surface area (Å²) in [6.07, 6.45) is -8.41. The minimum absolute atomic E-state index is 0.269. The third-order valence-electron chi connectivity index (χ3n) is 3.38. The lowest BCUT2D eigenvalue weighted by Gasteiger charge is -2.39. The van der Waals surface area contributed by atoms with Gasteiger partial charge in [0.2, 0.25) is 6.29 Å². The zero-order chi connectivity index (χ0) is 18.8. The van der Waals surface area contributed by atoms with Gasteiger partial charge in [-0.25, -0.2) is 4.57 Å². The van der Waals surface area contributed by atoms with Gasteiger partial charge < -0.3 is 34.6 Å².